The summed E-state index contributed by atoms with van der Waals surface area (Å²) in [6, 6.07) is 26.0. The van der Waals surface area contributed by atoms with Crippen molar-refractivity contribution in [3.8, 4) is 5.75 Å². The number of carbonyl (C=O) groups is 3. The third-order valence-corrected chi connectivity index (χ3v) is 6.69. The zero-order valence-corrected chi connectivity index (χ0v) is 20.9. The Labute approximate surface area is 219 Å². The molecule has 38 heavy (non-hydrogen) atoms. The number of hydrogen-bond donors (Lipinski definition) is 1. The number of ketones is 1. The van der Waals surface area contributed by atoms with Crippen molar-refractivity contribution in [1.29, 1.82) is 0 Å². The molecule has 1 atom stereocenters. The van der Waals surface area contributed by atoms with Crippen molar-refractivity contribution in [1.82, 2.24) is 0 Å². The van der Waals surface area contributed by atoms with Crippen LogP contribution in [-0.2, 0) is 25.5 Å². The standard InChI is InChI=1S/C31H25NO6/c1-37-25-15-11-21(12-16-25)28-27(29(34)23-10-9-20-5-3-4-6-22(20)18-23)30(35)31(36)32(28)24-13-7-19(8-14-24)17-26(33)38-2/h3-16,18,28,34H,17H2,1-2H3/b29-27-. The Hall–Kier alpha value is -4.91. The molecule has 0 spiro atoms. The first kappa shape index (κ1) is 24.8. The minimum atomic E-state index is -0.876. The van der Waals surface area contributed by atoms with Gasteiger partial charge >= 0.3 is 5.97 Å². The van der Waals surface area contributed by atoms with Crippen LogP contribution in [0.15, 0.2) is 96.6 Å². The van der Waals surface area contributed by atoms with E-state index in [4.69, 9.17) is 9.47 Å². The summed E-state index contributed by atoms with van der Waals surface area (Å²) in [7, 11) is 2.87. The van der Waals surface area contributed by atoms with Crippen LogP contribution < -0.4 is 9.64 Å². The Morgan fingerprint density at radius 2 is 1.55 bits per heavy atom. The highest BCUT2D eigenvalue weighted by Crippen LogP contribution is 2.42. The number of Topliss-reactive ketones (excluding diaryl/α,β-unsaturated/α-hetero) is 1. The summed E-state index contributed by atoms with van der Waals surface area (Å²) < 4.78 is 10.0. The predicted octanol–water partition coefficient (Wildman–Crippen LogP) is 5.19. The number of hydrogen-bond acceptors (Lipinski definition) is 6. The summed E-state index contributed by atoms with van der Waals surface area (Å²) in [6.07, 6.45) is 0.0828. The van der Waals surface area contributed by atoms with Crippen molar-refractivity contribution in [2.24, 2.45) is 0 Å². The van der Waals surface area contributed by atoms with Gasteiger partial charge in [0.2, 0.25) is 0 Å². The maximum atomic E-state index is 13.4. The van der Waals surface area contributed by atoms with Gasteiger partial charge in [0, 0.05) is 11.3 Å². The molecule has 0 saturated carbocycles. The van der Waals surface area contributed by atoms with Crippen LogP contribution in [0.4, 0.5) is 5.69 Å². The lowest BCUT2D eigenvalue weighted by atomic mass is 9.94. The van der Waals surface area contributed by atoms with Crippen LogP contribution in [0.1, 0.15) is 22.7 Å². The molecule has 1 unspecified atom stereocenters. The van der Waals surface area contributed by atoms with E-state index in [-0.39, 0.29) is 23.7 Å². The smallest absolute Gasteiger partial charge is 0.309 e. The zero-order valence-electron chi connectivity index (χ0n) is 20.9. The van der Waals surface area contributed by atoms with Crippen molar-refractivity contribution in [3.63, 3.8) is 0 Å². The molecule has 1 fully saturated rings. The van der Waals surface area contributed by atoms with Gasteiger partial charge in [-0.25, -0.2) is 0 Å². The maximum absolute atomic E-state index is 13.4. The van der Waals surface area contributed by atoms with E-state index in [2.05, 4.69) is 0 Å². The van der Waals surface area contributed by atoms with Gasteiger partial charge in [-0.1, -0.05) is 60.7 Å². The molecule has 190 valence electrons. The highest BCUT2D eigenvalue weighted by molar-refractivity contribution is 6.51. The molecule has 7 nitrogen and oxygen atoms in total. The maximum Gasteiger partial charge on any atom is 0.309 e. The highest BCUT2D eigenvalue weighted by Gasteiger charge is 2.47. The van der Waals surface area contributed by atoms with E-state index in [1.165, 1.54) is 12.0 Å². The number of esters is 1. The number of nitrogens with zero attached hydrogens (tertiary/aromatic N) is 1. The molecule has 1 saturated heterocycles. The first-order chi connectivity index (χ1) is 18.4. The Morgan fingerprint density at radius 3 is 2.21 bits per heavy atom. The fourth-order valence-electron chi connectivity index (χ4n) is 4.71. The lowest BCUT2D eigenvalue weighted by Gasteiger charge is -2.25. The second-order valence-electron chi connectivity index (χ2n) is 8.92. The molecular formula is C31H25NO6. The van der Waals surface area contributed by atoms with Gasteiger partial charge < -0.3 is 14.6 Å². The van der Waals surface area contributed by atoms with Crippen LogP contribution in [0.3, 0.4) is 0 Å². The molecule has 1 amide bonds. The summed E-state index contributed by atoms with van der Waals surface area (Å²) in [5.41, 5.74) is 2.22. The van der Waals surface area contributed by atoms with E-state index in [9.17, 15) is 19.5 Å². The summed E-state index contributed by atoms with van der Waals surface area (Å²) in [5, 5.41) is 13.3. The zero-order chi connectivity index (χ0) is 26.8. The Kier molecular flexibility index (Phi) is 6.66. The second kappa shape index (κ2) is 10.2. The van der Waals surface area contributed by atoms with Crippen LogP contribution in [0.2, 0.25) is 0 Å². The van der Waals surface area contributed by atoms with Gasteiger partial charge in [-0.2, -0.15) is 0 Å². The van der Waals surface area contributed by atoms with Gasteiger partial charge in [-0.15, -0.1) is 0 Å². The Morgan fingerprint density at radius 1 is 0.868 bits per heavy atom. The van der Waals surface area contributed by atoms with Crippen molar-refractivity contribution >= 4 is 39.9 Å². The molecule has 0 bridgehead atoms. The predicted molar refractivity (Wildman–Crippen MR) is 144 cm³/mol. The number of benzene rings is 4. The monoisotopic (exact) mass is 507 g/mol. The van der Waals surface area contributed by atoms with Gasteiger partial charge in [0.1, 0.15) is 11.5 Å². The summed E-state index contributed by atoms with van der Waals surface area (Å²) in [4.78, 5) is 39.9. The number of carbonyl (C=O) groups excluding carboxylic acids is 3. The number of anilines is 1. The van der Waals surface area contributed by atoms with Crippen molar-refractivity contribution < 1.29 is 29.0 Å². The number of rotatable bonds is 6. The quantitative estimate of drug-likeness (QED) is 0.167. The largest absolute Gasteiger partial charge is 0.507 e. The molecule has 0 aliphatic carbocycles. The fourth-order valence-corrected chi connectivity index (χ4v) is 4.71. The summed E-state index contributed by atoms with van der Waals surface area (Å²) in [6.45, 7) is 0. The van der Waals surface area contributed by atoms with Crippen LogP contribution in [-0.4, -0.2) is 37.0 Å². The van der Waals surface area contributed by atoms with Crippen molar-refractivity contribution in [2.45, 2.75) is 12.5 Å². The first-order valence-electron chi connectivity index (χ1n) is 12.0. The molecule has 0 aromatic heterocycles. The van der Waals surface area contributed by atoms with Crippen molar-refractivity contribution in [3.05, 3.63) is 113 Å². The number of aliphatic hydroxyl groups excluding tert-OH is 1. The SMILES string of the molecule is COC(=O)Cc1ccc(N2C(=O)C(=O)/C(=C(\O)c3ccc4ccccc4c3)C2c2ccc(OC)cc2)cc1. The van der Waals surface area contributed by atoms with Crippen LogP contribution in [0.5, 0.6) is 5.75 Å². The lowest BCUT2D eigenvalue weighted by molar-refractivity contribution is -0.139. The number of fused-ring (bicyclic) bond motifs is 1. The van der Waals surface area contributed by atoms with E-state index in [0.29, 0.717) is 28.1 Å². The van der Waals surface area contributed by atoms with Gasteiger partial charge in [-0.05, 0) is 52.2 Å². The summed E-state index contributed by atoms with van der Waals surface area (Å²) >= 11 is 0. The molecule has 1 aliphatic rings. The van der Waals surface area contributed by atoms with Crippen LogP contribution in [0.25, 0.3) is 16.5 Å². The molecule has 4 aromatic carbocycles. The van der Waals surface area contributed by atoms with Crippen molar-refractivity contribution in [2.75, 3.05) is 19.1 Å². The van der Waals surface area contributed by atoms with Crippen LogP contribution in [0, 0.1) is 0 Å². The van der Waals surface area contributed by atoms with E-state index >= 15 is 0 Å². The van der Waals surface area contributed by atoms with E-state index in [0.717, 1.165) is 10.8 Å². The molecule has 0 radical (unpaired) electrons. The second-order valence-corrected chi connectivity index (χ2v) is 8.92. The van der Waals surface area contributed by atoms with Gasteiger partial charge in [-0.3, -0.25) is 19.3 Å². The third-order valence-electron chi connectivity index (χ3n) is 6.69. The number of aliphatic hydroxyl groups is 1. The van der Waals surface area contributed by atoms with E-state index < -0.39 is 17.7 Å². The number of ether oxygens (including phenoxy) is 2. The minimum Gasteiger partial charge on any atom is -0.507 e. The normalized spacial score (nSPS) is 16.6. The van der Waals surface area contributed by atoms with E-state index in [1.54, 1.807) is 67.8 Å². The fraction of sp³-hybridized carbons (Fsp3) is 0.129. The molecule has 1 N–H and O–H groups in total. The average Bonchev–Trinajstić information content (AvgIpc) is 3.22. The minimum absolute atomic E-state index is 0.00548. The lowest BCUT2D eigenvalue weighted by Crippen LogP contribution is -2.29. The molecule has 4 aromatic rings. The van der Waals surface area contributed by atoms with Gasteiger partial charge in [0.25, 0.3) is 11.7 Å². The summed E-state index contributed by atoms with van der Waals surface area (Å²) in [5.74, 6) is -1.55. The molecular weight excluding hydrogens is 482 g/mol. The van der Waals surface area contributed by atoms with E-state index in [1.807, 2.05) is 30.3 Å². The Balaban J connectivity index is 1.64. The Bertz CT molecular complexity index is 1570. The third kappa shape index (κ3) is 4.50. The number of methoxy groups -OCH3 is 2. The molecule has 7 heteroatoms. The first-order valence-corrected chi connectivity index (χ1v) is 12.0. The van der Waals surface area contributed by atoms with Gasteiger partial charge in [0.15, 0.2) is 0 Å². The molecule has 5 rings (SSSR count). The van der Waals surface area contributed by atoms with Crippen LogP contribution >= 0.6 is 0 Å². The molecule has 1 aliphatic heterocycles. The number of amides is 1. The molecule has 1 heterocycles. The topological polar surface area (TPSA) is 93.1 Å². The average molecular weight is 508 g/mol. The van der Waals surface area contributed by atoms with Gasteiger partial charge in [0.05, 0.1) is 32.3 Å². The highest BCUT2D eigenvalue weighted by atomic mass is 16.5.